The lowest BCUT2D eigenvalue weighted by molar-refractivity contribution is -0.0818. The summed E-state index contributed by atoms with van der Waals surface area (Å²) in [6, 6.07) is 0. The predicted molar refractivity (Wildman–Crippen MR) is 103 cm³/mol. The molecule has 0 saturated heterocycles. The molecule has 7 atom stereocenters. The quantitative estimate of drug-likeness (QED) is 0.473. The summed E-state index contributed by atoms with van der Waals surface area (Å²) >= 11 is 0. The van der Waals surface area contributed by atoms with Crippen LogP contribution in [0.15, 0.2) is 12.7 Å². The van der Waals surface area contributed by atoms with Crippen LogP contribution in [0.25, 0.3) is 0 Å². The minimum absolute atomic E-state index is 0.576. The van der Waals surface area contributed by atoms with Crippen molar-refractivity contribution in [1.82, 2.24) is 0 Å². The third-order valence-corrected chi connectivity index (χ3v) is 8.00. The average Bonchev–Trinajstić information content (AvgIpc) is 2.86. The molecule has 0 aromatic heterocycles. The second-order valence-corrected chi connectivity index (χ2v) is 9.29. The van der Waals surface area contributed by atoms with Gasteiger partial charge in [0.05, 0.1) is 0 Å². The van der Waals surface area contributed by atoms with E-state index in [4.69, 9.17) is 0 Å². The molecule has 3 aliphatic rings. The lowest BCUT2D eigenvalue weighted by Crippen LogP contribution is -2.50. The van der Waals surface area contributed by atoms with Gasteiger partial charge in [0.1, 0.15) is 0 Å². The van der Waals surface area contributed by atoms with Gasteiger partial charge in [-0.25, -0.2) is 0 Å². The molecule has 0 aromatic rings. The summed E-state index contributed by atoms with van der Waals surface area (Å²) in [5, 5.41) is 0. The first kappa shape index (κ1) is 19.1. The van der Waals surface area contributed by atoms with Crippen LogP contribution in [0.2, 0.25) is 0 Å². The van der Waals surface area contributed by atoms with Gasteiger partial charge < -0.3 is 0 Å². The number of hydrogen-bond acceptors (Lipinski definition) is 0. The van der Waals surface area contributed by atoms with Gasteiger partial charge in [-0.15, -0.1) is 6.58 Å². The zero-order chi connectivity index (χ0) is 17.3. The molecule has 0 nitrogen and oxygen atoms in total. The summed E-state index contributed by atoms with van der Waals surface area (Å²) in [7, 11) is 0. The summed E-state index contributed by atoms with van der Waals surface area (Å²) in [6.45, 7) is 18.3. The van der Waals surface area contributed by atoms with Crippen LogP contribution in [0, 0.1) is 40.4 Å². The van der Waals surface area contributed by atoms with Gasteiger partial charge in [0.25, 0.3) is 0 Å². The SMILES string of the molecule is C=CC1CCC2C3CC(C)CC(C)(CCC)C3CCC12C.CC. The minimum atomic E-state index is 0.576. The van der Waals surface area contributed by atoms with E-state index in [1.54, 1.807) is 0 Å². The first-order valence-electron chi connectivity index (χ1n) is 10.6. The van der Waals surface area contributed by atoms with E-state index in [9.17, 15) is 0 Å². The molecular weight excluding hydrogens is 276 g/mol. The molecule has 0 aliphatic heterocycles. The molecule has 3 fully saturated rings. The van der Waals surface area contributed by atoms with E-state index in [1.807, 2.05) is 13.8 Å². The van der Waals surface area contributed by atoms with E-state index >= 15 is 0 Å². The maximum absolute atomic E-state index is 4.16. The van der Waals surface area contributed by atoms with Crippen LogP contribution in [-0.4, -0.2) is 0 Å². The van der Waals surface area contributed by atoms with Crippen LogP contribution in [0.3, 0.4) is 0 Å². The molecule has 0 aromatic carbocycles. The van der Waals surface area contributed by atoms with E-state index in [2.05, 4.69) is 40.3 Å². The first-order valence-corrected chi connectivity index (χ1v) is 10.6. The number of allylic oxidation sites excluding steroid dienone is 1. The van der Waals surface area contributed by atoms with E-state index in [0.717, 1.165) is 29.6 Å². The third-order valence-electron chi connectivity index (χ3n) is 8.00. The van der Waals surface area contributed by atoms with Crippen molar-refractivity contribution in [2.24, 2.45) is 40.4 Å². The van der Waals surface area contributed by atoms with Crippen molar-refractivity contribution in [3.63, 3.8) is 0 Å². The first-order chi connectivity index (χ1) is 10.9. The van der Waals surface area contributed by atoms with Gasteiger partial charge in [0.15, 0.2) is 0 Å². The molecule has 0 bridgehead atoms. The Morgan fingerprint density at radius 1 is 1.09 bits per heavy atom. The average molecular weight is 319 g/mol. The lowest BCUT2D eigenvalue weighted by atomic mass is 9.47. The van der Waals surface area contributed by atoms with Crippen LogP contribution in [-0.2, 0) is 0 Å². The number of rotatable bonds is 3. The van der Waals surface area contributed by atoms with Crippen molar-refractivity contribution >= 4 is 0 Å². The van der Waals surface area contributed by atoms with E-state index in [0.29, 0.717) is 10.8 Å². The van der Waals surface area contributed by atoms with Crippen molar-refractivity contribution in [3.8, 4) is 0 Å². The Kier molecular flexibility index (Phi) is 6.07. The fourth-order valence-corrected chi connectivity index (χ4v) is 7.26. The van der Waals surface area contributed by atoms with Gasteiger partial charge in [-0.2, -0.15) is 0 Å². The van der Waals surface area contributed by atoms with Crippen molar-refractivity contribution < 1.29 is 0 Å². The zero-order valence-corrected chi connectivity index (χ0v) is 16.8. The summed E-state index contributed by atoms with van der Waals surface area (Å²) in [6.07, 6.45) is 13.9. The molecule has 3 saturated carbocycles. The Balaban J connectivity index is 0.000000924. The maximum atomic E-state index is 4.16. The summed E-state index contributed by atoms with van der Waals surface area (Å²) in [5.41, 5.74) is 1.21. The minimum Gasteiger partial charge on any atom is -0.103 e. The van der Waals surface area contributed by atoms with E-state index in [1.165, 1.54) is 51.4 Å². The summed E-state index contributed by atoms with van der Waals surface area (Å²) < 4.78 is 0. The van der Waals surface area contributed by atoms with Crippen LogP contribution in [0.4, 0.5) is 0 Å². The Bertz CT molecular complexity index is 397. The second-order valence-electron chi connectivity index (χ2n) is 9.29. The number of hydrogen-bond donors (Lipinski definition) is 0. The summed E-state index contributed by atoms with van der Waals surface area (Å²) in [4.78, 5) is 0. The Morgan fingerprint density at radius 2 is 1.78 bits per heavy atom. The molecule has 3 rings (SSSR count). The smallest absolute Gasteiger partial charge is 0.0179 e. The molecule has 0 radical (unpaired) electrons. The Hall–Kier alpha value is -0.260. The molecule has 23 heavy (non-hydrogen) atoms. The molecule has 0 heteroatoms. The van der Waals surface area contributed by atoms with Crippen LogP contribution >= 0.6 is 0 Å². The van der Waals surface area contributed by atoms with Crippen LogP contribution in [0.1, 0.15) is 92.9 Å². The highest BCUT2D eigenvalue weighted by atomic mass is 14.6. The largest absolute Gasteiger partial charge is 0.103 e. The van der Waals surface area contributed by atoms with Crippen LogP contribution in [0.5, 0.6) is 0 Å². The standard InChI is InChI=1S/C21H36.C2H6/c1-6-11-20(4)14-15(3)13-17-18(20)10-12-21(5)16(7-2)8-9-19(17)21;1-2/h7,15-19H,2,6,8-14H2,1,3-5H3;1-2H3. The van der Waals surface area contributed by atoms with Gasteiger partial charge >= 0.3 is 0 Å². The van der Waals surface area contributed by atoms with E-state index in [-0.39, 0.29) is 0 Å². The monoisotopic (exact) mass is 318 g/mol. The Labute approximate surface area is 146 Å². The molecule has 7 unspecified atom stereocenters. The second kappa shape index (κ2) is 7.32. The molecule has 0 N–H and O–H groups in total. The van der Waals surface area contributed by atoms with Crippen molar-refractivity contribution in [1.29, 1.82) is 0 Å². The topological polar surface area (TPSA) is 0 Å². The highest BCUT2D eigenvalue weighted by Gasteiger charge is 2.57. The molecule has 3 aliphatic carbocycles. The zero-order valence-electron chi connectivity index (χ0n) is 16.8. The fourth-order valence-electron chi connectivity index (χ4n) is 7.26. The third kappa shape index (κ3) is 3.16. The molecular formula is C23H42. The molecule has 0 amide bonds. The highest BCUT2D eigenvalue weighted by molar-refractivity contribution is 5.10. The maximum Gasteiger partial charge on any atom is -0.0179 e. The number of fused-ring (bicyclic) bond motifs is 3. The van der Waals surface area contributed by atoms with Gasteiger partial charge in [-0.1, -0.05) is 54.0 Å². The molecule has 0 spiro atoms. The molecule has 0 heterocycles. The van der Waals surface area contributed by atoms with E-state index < -0.39 is 0 Å². The van der Waals surface area contributed by atoms with Gasteiger partial charge in [-0.3, -0.25) is 0 Å². The normalized spacial score (nSPS) is 48.7. The van der Waals surface area contributed by atoms with Crippen molar-refractivity contribution in [2.45, 2.75) is 92.9 Å². The van der Waals surface area contributed by atoms with Crippen LogP contribution < -0.4 is 0 Å². The fraction of sp³-hybridized carbons (Fsp3) is 0.913. The van der Waals surface area contributed by atoms with Gasteiger partial charge in [0.2, 0.25) is 0 Å². The Morgan fingerprint density at radius 3 is 2.39 bits per heavy atom. The predicted octanol–water partition coefficient (Wildman–Crippen LogP) is 7.49. The molecule has 134 valence electrons. The van der Waals surface area contributed by atoms with Crippen molar-refractivity contribution in [2.75, 3.05) is 0 Å². The van der Waals surface area contributed by atoms with Gasteiger partial charge in [-0.05, 0) is 85.4 Å². The van der Waals surface area contributed by atoms with Crippen molar-refractivity contribution in [3.05, 3.63) is 12.7 Å². The van der Waals surface area contributed by atoms with Gasteiger partial charge in [0, 0.05) is 0 Å². The summed E-state index contributed by atoms with van der Waals surface area (Å²) in [5.74, 6) is 4.73. The highest BCUT2D eigenvalue weighted by Crippen LogP contribution is 2.65. The lowest BCUT2D eigenvalue weighted by Gasteiger charge is -2.58.